The molecule has 0 amide bonds. The number of hydrogen-bond acceptors (Lipinski definition) is 4. The van der Waals surface area contributed by atoms with Crippen molar-refractivity contribution < 1.29 is 14.6 Å². The normalized spacial score (nSPS) is 24.2. The summed E-state index contributed by atoms with van der Waals surface area (Å²) in [6.45, 7) is 3.18. The summed E-state index contributed by atoms with van der Waals surface area (Å²) in [6, 6.07) is 5.72. The minimum atomic E-state index is -0.575. The van der Waals surface area contributed by atoms with Crippen LogP contribution < -0.4 is 14.8 Å². The second-order valence-electron chi connectivity index (χ2n) is 5.39. The van der Waals surface area contributed by atoms with E-state index in [-0.39, 0.29) is 6.04 Å². The number of benzene rings is 1. The zero-order valence-electron chi connectivity index (χ0n) is 12.6. The Balaban J connectivity index is 2.22. The predicted octanol–water partition coefficient (Wildman–Crippen LogP) is 2.52. The smallest absolute Gasteiger partial charge is 0.166 e. The molecule has 3 unspecified atom stereocenters. The molecule has 1 fully saturated rings. The molecule has 1 saturated heterocycles. The molecule has 1 aliphatic rings. The summed E-state index contributed by atoms with van der Waals surface area (Å²) in [7, 11) is 3.22. The van der Waals surface area contributed by atoms with Crippen molar-refractivity contribution in [3.63, 3.8) is 0 Å². The second kappa shape index (κ2) is 6.95. The fourth-order valence-electron chi connectivity index (χ4n) is 3.01. The molecule has 0 bridgehead atoms. The van der Waals surface area contributed by atoms with Crippen molar-refractivity contribution in [2.45, 2.75) is 38.3 Å². The van der Waals surface area contributed by atoms with Crippen LogP contribution in [0.3, 0.4) is 0 Å². The van der Waals surface area contributed by atoms with Crippen molar-refractivity contribution in [2.75, 3.05) is 20.8 Å². The summed E-state index contributed by atoms with van der Waals surface area (Å²) in [6.07, 6.45) is 2.78. The number of para-hydroxylation sites is 1. The number of aliphatic hydroxyl groups excluding tert-OH is 1. The van der Waals surface area contributed by atoms with Gasteiger partial charge < -0.3 is 19.9 Å². The lowest BCUT2D eigenvalue weighted by Gasteiger charge is -2.33. The standard InChI is InChI=1S/C16H25NO3/c1-4-11-8-9-17-13(10-11)15(18)12-6-5-7-14(19-2)16(12)20-3/h5-7,11,13,15,17-18H,4,8-10H2,1-3H3. The van der Waals surface area contributed by atoms with E-state index in [9.17, 15) is 5.11 Å². The topological polar surface area (TPSA) is 50.7 Å². The Labute approximate surface area is 121 Å². The highest BCUT2D eigenvalue weighted by Gasteiger charge is 2.29. The predicted molar refractivity (Wildman–Crippen MR) is 79.3 cm³/mol. The molecule has 4 nitrogen and oxygen atoms in total. The van der Waals surface area contributed by atoms with Gasteiger partial charge in [-0.3, -0.25) is 0 Å². The van der Waals surface area contributed by atoms with Crippen molar-refractivity contribution >= 4 is 0 Å². The van der Waals surface area contributed by atoms with Crippen LogP contribution in [-0.2, 0) is 0 Å². The Hall–Kier alpha value is -1.26. The molecule has 2 N–H and O–H groups in total. The van der Waals surface area contributed by atoms with Gasteiger partial charge in [-0.15, -0.1) is 0 Å². The fraction of sp³-hybridized carbons (Fsp3) is 0.625. The number of piperidine rings is 1. The summed E-state index contributed by atoms with van der Waals surface area (Å²) in [5, 5.41) is 14.1. The molecule has 1 aromatic carbocycles. The molecule has 1 heterocycles. The Morgan fingerprint density at radius 3 is 2.80 bits per heavy atom. The molecule has 0 aliphatic carbocycles. The van der Waals surface area contributed by atoms with Crippen molar-refractivity contribution in [2.24, 2.45) is 5.92 Å². The third kappa shape index (κ3) is 3.07. The monoisotopic (exact) mass is 279 g/mol. The van der Waals surface area contributed by atoms with E-state index in [0.29, 0.717) is 17.4 Å². The molecular formula is C16H25NO3. The van der Waals surface area contributed by atoms with Crippen LogP contribution in [-0.4, -0.2) is 31.9 Å². The first-order valence-corrected chi connectivity index (χ1v) is 7.33. The van der Waals surface area contributed by atoms with E-state index in [4.69, 9.17) is 9.47 Å². The summed E-state index contributed by atoms with van der Waals surface area (Å²) in [5.74, 6) is 1.97. The molecule has 112 valence electrons. The average molecular weight is 279 g/mol. The quantitative estimate of drug-likeness (QED) is 0.869. The molecule has 0 aromatic heterocycles. The number of hydrogen-bond donors (Lipinski definition) is 2. The van der Waals surface area contributed by atoms with E-state index >= 15 is 0 Å². The minimum Gasteiger partial charge on any atom is -0.493 e. The molecular weight excluding hydrogens is 254 g/mol. The number of ether oxygens (including phenoxy) is 2. The molecule has 2 rings (SSSR count). The van der Waals surface area contributed by atoms with Gasteiger partial charge in [-0.2, -0.15) is 0 Å². The average Bonchev–Trinajstić information content (AvgIpc) is 2.53. The first-order valence-electron chi connectivity index (χ1n) is 7.33. The minimum absolute atomic E-state index is 0.0784. The van der Waals surface area contributed by atoms with E-state index in [1.54, 1.807) is 14.2 Å². The van der Waals surface area contributed by atoms with Crippen LogP contribution in [0.4, 0.5) is 0 Å². The molecule has 3 atom stereocenters. The Morgan fingerprint density at radius 2 is 2.15 bits per heavy atom. The van der Waals surface area contributed by atoms with Gasteiger partial charge in [0.1, 0.15) is 0 Å². The number of nitrogens with one attached hydrogen (secondary N) is 1. The van der Waals surface area contributed by atoms with Crippen molar-refractivity contribution in [3.8, 4) is 11.5 Å². The van der Waals surface area contributed by atoms with Gasteiger partial charge >= 0.3 is 0 Å². The fourth-order valence-corrected chi connectivity index (χ4v) is 3.01. The van der Waals surface area contributed by atoms with Crippen LogP contribution in [0.2, 0.25) is 0 Å². The van der Waals surface area contributed by atoms with Gasteiger partial charge in [0.15, 0.2) is 11.5 Å². The first kappa shape index (κ1) is 15.1. The van der Waals surface area contributed by atoms with Gasteiger partial charge in [0, 0.05) is 11.6 Å². The van der Waals surface area contributed by atoms with Gasteiger partial charge in [-0.1, -0.05) is 25.5 Å². The summed E-state index contributed by atoms with van der Waals surface area (Å²) in [4.78, 5) is 0. The summed E-state index contributed by atoms with van der Waals surface area (Å²) < 4.78 is 10.7. The van der Waals surface area contributed by atoms with Crippen molar-refractivity contribution in [1.82, 2.24) is 5.32 Å². The number of aliphatic hydroxyl groups is 1. The first-order chi connectivity index (χ1) is 9.71. The summed E-state index contributed by atoms with van der Waals surface area (Å²) in [5.41, 5.74) is 0.793. The third-order valence-electron chi connectivity index (χ3n) is 4.26. The lowest BCUT2D eigenvalue weighted by molar-refractivity contribution is 0.0951. The maximum atomic E-state index is 10.7. The molecule has 20 heavy (non-hydrogen) atoms. The zero-order valence-corrected chi connectivity index (χ0v) is 12.6. The van der Waals surface area contributed by atoms with E-state index in [2.05, 4.69) is 12.2 Å². The SMILES string of the molecule is CCC1CCNC(C(O)c2cccc(OC)c2OC)C1. The molecule has 4 heteroatoms. The number of rotatable bonds is 5. The highest BCUT2D eigenvalue weighted by Crippen LogP contribution is 2.37. The highest BCUT2D eigenvalue weighted by atomic mass is 16.5. The van der Waals surface area contributed by atoms with Crippen LogP contribution in [0, 0.1) is 5.92 Å². The Bertz CT molecular complexity index is 436. The lowest BCUT2D eigenvalue weighted by Crippen LogP contribution is -2.42. The number of methoxy groups -OCH3 is 2. The maximum Gasteiger partial charge on any atom is 0.166 e. The van der Waals surface area contributed by atoms with E-state index < -0.39 is 6.10 Å². The van der Waals surface area contributed by atoms with Gasteiger partial charge in [0.05, 0.1) is 20.3 Å². The molecule has 0 radical (unpaired) electrons. The zero-order chi connectivity index (χ0) is 14.5. The Morgan fingerprint density at radius 1 is 1.35 bits per heavy atom. The van der Waals surface area contributed by atoms with Gasteiger partial charge in [0.25, 0.3) is 0 Å². The van der Waals surface area contributed by atoms with Gasteiger partial charge in [0.2, 0.25) is 0 Å². The molecule has 0 spiro atoms. The maximum absolute atomic E-state index is 10.7. The molecule has 0 saturated carbocycles. The van der Waals surface area contributed by atoms with Crippen LogP contribution >= 0.6 is 0 Å². The largest absolute Gasteiger partial charge is 0.493 e. The van der Waals surface area contributed by atoms with E-state index in [1.165, 1.54) is 12.8 Å². The van der Waals surface area contributed by atoms with Gasteiger partial charge in [-0.05, 0) is 31.4 Å². The van der Waals surface area contributed by atoms with E-state index in [0.717, 1.165) is 18.5 Å². The van der Waals surface area contributed by atoms with Crippen molar-refractivity contribution in [1.29, 1.82) is 0 Å². The van der Waals surface area contributed by atoms with E-state index in [1.807, 2.05) is 18.2 Å². The van der Waals surface area contributed by atoms with Crippen LogP contribution in [0.15, 0.2) is 18.2 Å². The Kier molecular flexibility index (Phi) is 5.26. The van der Waals surface area contributed by atoms with Crippen LogP contribution in [0.25, 0.3) is 0 Å². The van der Waals surface area contributed by atoms with Crippen molar-refractivity contribution in [3.05, 3.63) is 23.8 Å². The summed E-state index contributed by atoms with van der Waals surface area (Å²) >= 11 is 0. The molecule has 1 aromatic rings. The van der Waals surface area contributed by atoms with Gasteiger partial charge in [-0.25, -0.2) is 0 Å². The lowest BCUT2D eigenvalue weighted by atomic mass is 9.86. The second-order valence-corrected chi connectivity index (χ2v) is 5.39. The third-order valence-corrected chi connectivity index (χ3v) is 4.26. The van der Waals surface area contributed by atoms with Crippen LogP contribution in [0.1, 0.15) is 37.9 Å². The van der Waals surface area contributed by atoms with Crippen LogP contribution in [0.5, 0.6) is 11.5 Å². The highest BCUT2D eigenvalue weighted by molar-refractivity contribution is 5.48. The molecule has 1 aliphatic heterocycles.